The normalized spacial score (nSPS) is 17.4. The monoisotopic (exact) mass is 310 g/mol. The number of thioether (sulfide) groups is 1. The Morgan fingerprint density at radius 2 is 2.30 bits per heavy atom. The first kappa shape index (κ1) is 15.1. The van der Waals surface area contributed by atoms with Crippen LogP contribution in [0, 0.1) is 11.3 Å². The van der Waals surface area contributed by atoms with Crippen LogP contribution in [0.5, 0.6) is 0 Å². The lowest BCUT2D eigenvalue weighted by molar-refractivity contribution is -0.131. The lowest BCUT2D eigenvalue weighted by Crippen LogP contribution is -2.50. The number of carbonyl (C=O) groups is 1. The van der Waals surface area contributed by atoms with E-state index in [1.165, 1.54) is 23.1 Å². The number of thiazole rings is 1. The Hall–Kier alpha value is -1.26. The SMILES string of the molecule is CN(C(=O)CSc1cnc(N)s1)C1(C#N)CCCCC1. The Balaban J connectivity index is 1.95. The Morgan fingerprint density at radius 1 is 1.60 bits per heavy atom. The topological polar surface area (TPSA) is 83.0 Å². The molecule has 108 valence electrons. The van der Waals surface area contributed by atoms with Crippen molar-refractivity contribution in [2.75, 3.05) is 18.5 Å². The molecule has 2 N–H and O–H groups in total. The predicted molar refractivity (Wildman–Crippen MR) is 81.4 cm³/mol. The molecular weight excluding hydrogens is 292 g/mol. The highest BCUT2D eigenvalue weighted by molar-refractivity contribution is 8.01. The van der Waals surface area contributed by atoms with Gasteiger partial charge in [0.15, 0.2) is 5.13 Å². The van der Waals surface area contributed by atoms with Gasteiger partial charge in [0.05, 0.1) is 22.2 Å². The third-order valence-corrected chi connectivity index (χ3v) is 5.75. The van der Waals surface area contributed by atoms with Crippen molar-refractivity contribution in [3.05, 3.63) is 6.20 Å². The van der Waals surface area contributed by atoms with Gasteiger partial charge in [-0.3, -0.25) is 4.79 Å². The number of hydrogen-bond donors (Lipinski definition) is 1. The van der Waals surface area contributed by atoms with E-state index < -0.39 is 5.54 Å². The molecule has 1 amide bonds. The third-order valence-electron chi connectivity index (χ3n) is 3.75. The largest absolute Gasteiger partial charge is 0.375 e. The molecule has 7 heteroatoms. The summed E-state index contributed by atoms with van der Waals surface area (Å²) in [4.78, 5) is 17.9. The number of hydrogen-bond acceptors (Lipinski definition) is 6. The molecule has 0 aromatic carbocycles. The molecule has 0 atom stereocenters. The van der Waals surface area contributed by atoms with Gasteiger partial charge in [-0.2, -0.15) is 5.26 Å². The first-order valence-corrected chi connectivity index (χ1v) is 8.40. The van der Waals surface area contributed by atoms with Gasteiger partial charge in [0, 0.05) is 7.05 Å². The second-order valence-electron chi connectivity index (χ2n) is 4.96. The van der Waals surface area contributed by atoms with Gasteiger partial charge in [0.25, 0.3) is 0 Å². The van der Waals surface area contributed by atoms with Crippen LogP contribution in [0.25, 0.3) is 0 Å². The molecule has 1 heterocycles. The minimum atomic E-state index is -0.609. The molecule has 1 aromatic heterocycles. The molecule has 0 aliphatic heterocycles. The van der Waals surface area contributed by atoms with Crippen LogP contribution in [0.4, 0.5) is 5.13 Å². The van der Waals surface area contributed by atoms with Gasteiger partial charge >= 0.3 is 0 Å². The Bertz CT molecular complexity index is 517. The maximum absolute atomic E-state index is 12.3. The molecular formula is C13H18N4OS2. The smallest absolute Gasteiger partial charge is 0.233 e. The summed E-state index contributed by atoms with van der Waals surface area (Å²) in [6.45, 7) is 0. The predicted octanol–water partition coefficient (Wildman–Crippen LogP) is 2.50. The van der Waals surface area contributed by atoms with Crippen molar-refractivity contribution >= 4 is 34.1 Å². The summed E-state index contributed by atoms with van der Waals surface area (Å²) in [6.07, 6.45) is 6.43. The van der Waals surface area contributed by atoms with Crippen LogP contribution in [0.2, 0.25) is 0 Å². The minimum Gasteiger partial charge on any atom is -0.375 e. The van der Waals surface area contributed by atoms with E-state index in [2.05, 4.69) is 11.1 Å². The molecule has 1 aromatic rings. The maximum atomic E-state index is 12.3. The maximum Gasteiger partial charge on any atom is 0.233 e. The second-order valence-corrected chi connectivity index (χ2v) is 7.30. The fraction of sp³-hybridized carbons (Fsp3) is 0.615. The van der Waals surface area contributed by atoms with Crippen molar-refractivity contribution in [2.24, 2.45) is 0 Å². The van der Waals surface area contributed by atoms with E-state index in [1.807, 2.05) is 0 Å². The van der Waals surface area contributed by atoms with Crippen LogP contribution in [-0.2, 0) is 4.79 Å². The number of nitrogens with two attached hydrogens (primary N) is 1. The zero-order valence-electron chi connectivity index (χ0n) is 11.5. The van der Waals surface area contributed by atoms with Crippen molar-refractivity contribution in [3.63, 3.8) is 0 Å². The molecule has 1 aliphatic rings. The van der Waals surface area contributed by atoms with Crippen LogP contribution >= 0.6 is 23.1 Å². The van der Waals surface area contributed by atoms with Gasteiger partial charge in [-0.1, -0.05) is 30.6 Å². The summed E-state index contributed by atoms with van der Waals surface area (Å²) in [5, 5.41) is 9.98. The van der Waals surface area contributed by atoms with Gasteiger partial charge in [0.1, 0.15) is 5.54 Å². The molecule has 0 saturated heterocycles. The van der Waals surface area contributed by atoms with Crippen molar-refractivity contribution in [1.82, 2.24) is 9.88 Å². The summed E-state index contributed by atoms with van der Waals surface area (Å²) >= 11 is 2.80. The van der Waals surface area contributed by atoms with E-state index in [0.717, 1.165) is 36.3 Å². The minimum absolute atomic E-state index is 0.00887. The first-order valence-electron chi connectivity index (χ1n) is 6.59. The number of anilines is 1. The van der Waals surface area contributed by atoms with Gasteiger partial charge in [-0.25, -0.2) is 4.98 Å². The number of nitrogen functional groups attached to an aromatic ring is 1. The molecule has 0 unspecified atom stereocenters. The number of amides is 1. The van der Waals surface area contributed by atoms with Crippen LogP contribution in [-0.4, -0.2) is 34.1 Å². The van der Waals surface area contributed by atoms with Crippen LogP contribution in [0.15, 0.2) is 10.4 Å². The van der Waals surface area contributed by atoms with E-state index in [-0.39, 0.29) is 5.91 Å². The van der Waals surface area contributed by atoms with E-state index >= 15 is 0 Å². The van der Waals surface area contributed by atoms with Gasteiger partial charge in [0.2, 0.25) is 5.91 Å². The highest BCUT2D eigenvalue weighted by atomic mass is 32.2. The van der Waals surface area contributed by atoms with Crippen molar-refractivity contribution in [3.8, 4) is 6.07 Å². The lowest BCUT2D eigenvalue weighted by Gasteiger charge is -2.39. The van der Waals surface area contributed by atoms with Crippen LogP contribution in [0.1, 0.15) is 32.1 Å². The summed E-state index contributed by atoms with van der Waals surface area (Å²) in [5.74, 6) is 0.312. The van der Waals surface area contributed by atoms with Crippen molar-refractivity contribution in [2.45, 2.75) is 41.9 Å². The zero-order chi connectivity index (χ0) is 14.6. The first-order chi connectivity index (χ1) is 9.57. The zero-order valence-corrected chi connectivity index (χ0v) is 13.1. The molecule has 1 fully saturated rings. The quantitative estimate of drug-likeness (QED) is 0.864. The number of carbonyl (C=O) groups excluding carboxylic acids is 1. The molecule has 5 nitrogen and oxygen atoms in total. The summed E-state index contributed by atoms with van der Waals surface area (Å²) < 4.78 is 0.930. The third kappa shape index (κ3) is 3.25. The Labute approximate surface area is 127 Å². The molecule has 0 bridgehead atoms. The van der Waals surface area contributed by atoms with E-state index in [0.29, 0.717) is 10.9 Å². The fourth-order valence-electron chi connectivity index (χ4n) is 2.47. The van der Waals surface area contributed by atoms with E-state index in [4.69, 9.17) is 5.73 Å². The highest BCUT2D eigenvalue weighted by Gasteiger charge is 2.38. The summed E-state index contributed by atoms with van der Waals surface area (Å²) in [5.41, 5.74) is 4.95. The Kier molecular flexibility index (Phi) is 4.89. The molecule has 20 heavy (non-hydrogen) atoms. The summed E-state index contributed by atoms with van der Waals surface area (Å²) in [7, 11) is 1.75. The van der Waals surface area contributed by atoms with Crippen molar-refractivity contribution < 1.29 is 4.79 Å². The highest BCUT2D eigenvalue weighted by Crippen LogP contribution is 2.33. The average Bonchev–Trinajstić information content (AvgIpc) is 2.90. The Morgan fingerprint density at radius 3 is 2.85 bits per heavy atom. The standard InChI is InChI=1S/C13H18N4OS2/c1-17(13(9-14)5-3-2-4-6-13)10(18)8-19-11-7-16-12(15)20-11/h7H,2-6,8H2,1H3,(H2,15,16). The van der Waals surface area contributed by atoms with Crippen LogP contribution in [0.3, 0.4) is 0 Å². The number of rotatable bonds is 4. The average molecular weight is 310 g/mol. The van der Waals surface area contributed by atoms with E-state index in [9.17, 15) is 10.1 Å². The van der Waals surface area contributed by atoms with E-state index in [1.54, 1.807) is 18.1 Å². The number of nitriles is 1. The second kappa shape index (κ2) is 6.46. The lowest BCUT2D eigenvalue weighted by atomic mass is 9.81. The molecule has 0 spiro atoms. The van der Waals surface area contributed by atoms with Crippen LogP contribution < -0.4 is 5.73 Å². The summed E-state index contributed by atoms with van der Waals surface area (Å²) in [6, 6.07) is 2.37. The van der Waals surface area contributed by atoms with Crippen molar-refractivity contribution in [1.29, 1.82) is 5.26 Å². The molecule has 0 radical (unpaired) electrons. The van der Waals surface area contributed by atoms with Gasteiger partial charge < -0.3 is 10.6 Å². The number of nitrogens with zero attached hydrogens (tertiary/aromatic N) is 3. The molecule has 2 rings (SSSR count). The van der Waals surface area contributed by atoms with Gasteiger partial charge in [-0.05, 0) is 12.8 Å². The fourth-order valence-corrected chi connectivity index (χ4v) is 4.14. The molecule has 1 saturated carbocycles. The number of aromatic nitrogens is 1. The van der Waals surface area contributed by atoms with Gasteiger partial charge in [-0.15, -0.1) is 11.8 Å². The molecule has 1 aliphatic carbocycles.